The van der Waals surface area contributed by atoms with E-state index in [2.05, 4.69) is 17.6 Å². The van der Waals surface area contributed by atoms with Crippen LogP contribution in [0.25, 0.3) is 0 Å². The number of thioether (sulfide) groups is 1. The molecule has 35 heavy (non-hydrogen) atoms. The molecule has 3 N–H and O–H groups in total. The van der Waals surface area contributed by atoms with E-state index in [-0.39, 0.29) is 24.0 Å². The first-order valence-electron chi connectivity index (χ1n) is 14.1. The summed E-state index contributed by atoms with van der Waals surface area (Å²) in [5, 5.41) is 14.9. The molecule has 0 heterocycles. The van der Waals surface area contributed by atoms with Gasteiger partial charge in [-0.25, -0.2) is 0 Å². The highest BCUT2D eigenvalue weighted by Gasteiger charge is 2.08. The number of carbonyl (C=O) groups is 2. The van der Waals surface area contributed by atoms with E-state index in [4.69, 9.17) is 0 Å². The lowest BCUT2D eigenvalue weighted by molar-refractivity contribution is -0.129. The maximum atomic E-state index is 11.9. The Hall–Kier alpha value is -1.69. The van der Waals surface area contributed by atoms with Crippen molar-refractivity contribution >= 4 is 23.6 Å². The van der Waals surface area contributed by atoms with Crippen LogP contribution in [0, 0.1) is 0 Å². The second-order valence-corrected chi connectivity index (χ2v) is 10.7. The monoisotopic (exact) mass is 506 g/mol. The first-order chi connectivity index (χ1) is 17.1. The zero-order valence-corrected chi connectivity index (χ0v) is 22.9. The number of hydrogen-bond donors (Lipinski definition) is 3. The molecule has 0 unspecified atom stereocenters. The molecule has 0 bridgehead atoms. The summed E-state index contributed by atoms with van der Waals surface area (Å²) in [6, 6.07) is 6.97. The summed E-state index contributed by atoms with van der Waals surface area (Å²) >= 11 is 1.60. The molecule has 200 valence electrons. The van der Waals surface area contributed by atoms with Gasteiger partial charge in [-0.05, 0) is 30.7 Å². The Morgan fingerprint density at radius 1 is 0.657 bits per heavy atom. The van der Waals surface area contributed by atoms with Crippen LogP contribution in [0.4, 0.5) is 0 Å². The Bertz CT molecular complexity index is 652. The lowest BCUT2D eigenvalue weighted by Gasteiger charge is -2.07. The zero-order chi connectivity index (χ0) is 25.4. The summed E-state index contributed by atoms with van der Waals surface area (Å²) in [5.41, 5.74) is 0. The van der Waals surface area contributed by atoms with Crippen molar-refractivity contribution in [3.05, 3.63) is 24.3 Å². The summed E-state index contributed by atoms with van der Waals surface area (Å²) in [6.45, 7) is 3.44. The van der Waals surface area contributed by atoms with Crippen LogP contribution in [0.2, 0.25) is 0 Å². The Labute approximate surface area is 218 Å². The molecule has 0 aliphatic heterocycles. The first-order valence-corrected chi connectivity index (χ1v) is 15.1. The molecule has 2 amide bonds. The van der Waals surface area contributed by atoms with E-state index in [9.17, 15) is 14.7 Å². The molecule has 1 aromatic carbocycles. The molecule has 0 spiro atoms. The number of nitrogens with one attached hydrogen (secondary N) is 2. The molecule has 5 nitrogen and oxygen atoms in total. The third-order valence-corrected chi connectivity index (χ3v) is 7.22. The summed E-state index contributed by atoms with van der Waals surface area (Å²) in [6.07, 6.45) is 21.2. The predicted octanol–water partition coefficient (Wildman–Crippen LogP) is 7.37. The van der Waals surface area contributed by atoms with Gasteiger partial charge < -0.3 is 15.7 Å². The number of carbonyl (C=O) groups excluding carboxylic acids is 2. The van der Waals surface area contributed by atoms with E-state index < -0.39 is 0 Å². The van der Waals surface area contributed by atoms with Crippen LogP contribution in [0.3, 0.4) is 0 Å². The number of aromatic hydroxyl groups is 1. The Balaban J connectivity index is 1.81. The molecule has 6 heteroatoms. The summed E-state index contributed by atoms with van der Waals surface area (Å²) in [5.74, 6) is 0.529. The van der Waals surface area contributed by atoms with Crippen molar-refractivity contribution in [1.29, 1.82) is 0 Å². The average molecular weight is 507 g/mol. The molecule has 0 saturated carbocycles. The molecular weight excluding hydrogens is 456 g/mol. The van der Waals surface area contributed by atoms with Gasteiger partial charge in [0.15, 0.2) is 0 Å². The molecule has 0 atom stereocenters. The van der Waals surface area contributed by atoms with Gasteiger partial charge in [0.05, 0.1) is 0 Å². The van der Waals surface area contributed by atoms with Gasteiger partial charge in [-0.15, -0.1) is 11.8 Å². The van der Waals surface area contributed by atoms with Crippen LogP contribution >= 0.6 is 11.8 Å². The summed E-state index contributed by atoms with van der Waals surface area (Å²) in [4.78, 5) is 24.8. The van der Waals surface area contributed by atoms with Crippen LogP contribution in [0.15, 0.2) is 29.2 Å². The fraction of sp³-hybridized carbons (Fsp3) is 0.724. The van der Waals surface area contributed by atoms with E-state index >= 15 is 0 Å². The SMILES string of the molecule is CCCCCCCCCCCCCCCCCCNC(=O)CC(=O)NCCSc1ccc(O)cc1. The molecule has 0 radical (unpaired) electrons. The number of phenolic OH excluding ortho intramolecular Hbond substituents is 1. The Morgan fingerprint density at radius 2 is 1.09 bits per heavy atom. The molecule has 0 fully saturated rings. The highest BCUT2D eigenvalue weighted by atomic mass is 32.2. The predicted molar refractivity (Wildman–Crippen MR) is 149 cm³/mol. The van der Waals surface area contributed by atoms with Gasteiger partial charge in [0.25, 0.3) is 0 Å². The van der Waals surface area contributed by atoms with Crippen molar-refractivity contribution < 1.29 is 14.7 Å². The van der Waals surface area contributed by atoms with E-state index in [0.29, 0.717) is 13.1 Å². The van der Waals surface area contributed by atoms with Gasteiger partial charge >= 0.3 is 0 Å². The second-order valence-electron chi connectivity index (χ2n) is 9.52. The van der Waals surface area contributed by atoms with E-state index in [1.165, 1.54) is 89.9 Å². The normalized spacial score (nSPS) is 10.9. The molecule has 1 aromatic rings. The highest BCUT2D eigenvalue weighted by Crippen LogP contribution is 2.20. The number of hydrogen-bond acceptors (Lipinski definition) is 4. The topological polar surface area (TPSA) is 78.4 Å². The van der Waals surface area contributed by atoms with Gasteiger partial charge in [0.1, 0.15) is 12.2 Å². The van der Waals surface area contributed by atoms with Crippen molar-refractivity contribution in [1.82, 2.24) is 10.6 Å². The lowest BCUT2D eigenvalue weighted by atomic mass is 10.0. The van der Waals surface area contributed by atoms with Crippen molar-refractivity contribution in [2.45, 2.75) is 121 Å². The van der Waals surface area contributed by atoms with Crippen LogP contribution in [0.1, 0.15) is 116 Å². The molecule has 0 aliphatic carbocycles. The summed E-state index contributed by atoms with van der Waals surface area (Å²) in [7, 11) is 0. The van der Waals surface area contributed by atoms with Gasteiger partial charge in [-0.2, -0.15) is 0 Å². The number of benzene rings is 1. The van der Waals surface area contributed by atoms with Gasteiger partial charge in [-0.3, -0.25) is 9.59 Å². The highest BCUT2D eigenvalue weighted by molar-refractivity contribution is 7.99. The van der Waals surface area contributed by atoms with Crippen LogP contribution < -0.4 is 10.6 Å². The minimum atomic E-state index is -0.235. The van der Waals surface area contributed by atoms with Crippen LogP contribution in [-0.2, 0) is 9.59 Å². The van der Waals surface area contributed by atoms with E-state index in [0.717, 1.165) is 23.5 Å². The molecule has 0 saturated heterocycles. The van der Waals surface area contributed by atoms with Crippen molar-refractivity contribution in [2.24, 2.45) is 0 Å². The first kappa shape index (κ1) is 31.3. The van der Waals surface area contributed by atoms with Crippen LogP contribution in [-0.4, -0.2) is 35.8 Å². The van der Waals surface area contributed by atoms with Crippen molar-refractivity contribution in [2.75, 3.05) is 18.8 Å². The zero-order valence-electron chi connectivity index (χ0n) is 22.1. The Morgan fingerprint density at radius 3 is 1.57 bits per heavy atom. The molecular formula is C29H50N2O3S. The van der Waals surface area contributed by atoms with E-state index in [1.807, 2.05) is 12.1 Å². The van der Waals surface area contributed by atoms with E-state index in [1.54, 1.807) is 23.9 Å². The number of unbranched alkanes of at least 4 members (excludes halogenated alkanes) is 15. The van der Waals surface area contributed by atoms with Gasteiger partial charge in [-0.1, -0.05) is 103 Å². The van der Waals surface area contributed by atoms with Crippen molar-refractivity contribution in [3.63, 3.8) is 0 Å². The standard InChI is InChI=1S/C29H50N2O3S/c1-2-3-4-5-6-7-8-9-10-11-12-13-14-15-16-17-22-30-28(33)25-29(34)31-23-24-35-27-20-18-26(32)19-21-27/h18-21,32H,2-17,22-25H2,1H3,(H,30,33)(H,31,34). The minimum absolute atomic E-state index is 0.108. The lowest BCUT2D eigenvalue weighted by Crippen LogP contribution is -2.33. The molecule has 0 aromatic heterocycles. The average Bonchev–Trinajstić information content (AvgIpc) is 2.85. The molecule has 1 rings (SSSR count). The number of amides is 2. The number of rotatable bonds is 23. The van der Waals surface area contributed by atoms with Gasteiger partial charge in [0, 0.05) is 23.7 Å². The quantitative estimate of drug-likeness (QED) is 0.0822. The largest absolute Gasteiger partial charge is 0.508 e. The minimum Gasteiger partial charge on any atom is -0.508 e. The fourth-order valence-electron chi connectivity index (χ4n) is 4.07. The smallest absolute Gasteiger partial charge is 0.229 e. The number of phenols is 1. The molecule has 0 aliphatic rings. The maximum Gasteiger partial charge on any atom is 0.229 e. The third-order valence-electron chi connectivity index (χ3n) is 6.20. The maximum absolute atomic E-state index is 11.9. The third kappa shape index (κ3) is 20.2. The fourth-order valence-corrected chi connectivity index (χ4v) is 4.84. The van der Waals surface area contributed by atoms with Crippen LogP contribution in [0.5, 0.6) is 5.75 Å². The summed E-state index contributed by atoms with van der Waals surface area (Å²) < 4.78 is 0. The second kappa shape index (κ2) is 22.8. The van der Waals surface area contributed by atoms with Crippen molar-refractivity contribution in [3.8, 4) is 5.75 Å². The van der Waals surface area contributed by atoms with Gasteiger partial charge in [0.2, 0.25) is 11.8 Å². The Kier molecular flexibility index (Phi) is 20.4.